The third-order valence-electron chi connectivity index (χ3n) is 4.21. The number of benzene rings is 2. The number of amides is 1. The van der Waals surface area contributed by atoms with Crippen LogP contribution in [0.2, 0.25) is 0 Å². The van der Waals surface area contributed by atoms with Gasteiger partial charge in [0.05, 0.1) is 19.0 Å². The summed E-state index contributed by atoms with van der Waals surface area (Å²) in [6, 6.07) is 17.3. The summed E-state index contributed by atoms with van der Waals surface area (Å²) in [6.07, 6.45) is 2.61. The molecule has 0 radical (unpaired) electrons. The van der Waals surface area contributed by atoms with E-state index in [9.17, 15) is 4.79 Å². The molecule has 1 heterocycles. The number of H-pyrrole nitrogens is 1. The summed E-state index contributed by atoms with van der Waals surface area (Å²) < 4.78 is 5.11. The highest BCUT2D eigenvalue weighted by Crippen LogP contribution is 2.19. The highest BCUT2D eigenvalue weighted by Gasteiger charge is 2.10. The summed E-state index contributed by atoms with van der Waals surface area (Å²) >= 11 is 0. The summed E-state index contributed by atoms with van der Waals surface area (Å²) in [5.74, 6) is 1.04. The molecule has 0 unspecified atom stereocenters. The van der Waals surface area contributed by atoms with E-state index in [1.54, 1.807) is 19.4 Å². The van der Waals surface area contributed by atoms with Crippen LogP contribution in [0.15, 0.2) is 59.7 Å². The lowest BCUT2D eigenvalue weighted by atomic mass is 10.0. The standard InChI is InChI=1S/C22H24N4O2/c1-15(2)12-16-4-8-18(9-5-16)20-13-21(25-24-20)22(27)26-23-14-17-6-10-19(28-3)11-7-17/h4-11,13-15H,12H2,1-3H3,(H,24,25)(H,26,27)/b23-14-. The van der Waals surface area contributed by atoms with Crippen molar-refractivity contribution in [1.82, 2.24) is 15.6 Å². The van der Waals surface area contributed by atoms with Crippen LogP contribution in [0.4, 0.5) is 0 Å². The molecule has 0 aliphatic carbocycles. The fraction of sp³-hybridized carbons (Fsp3) is 0.227. The van der Waals surface area contributed by atoms with Crippen LogP contribution in [0.3, 0.4) is 0 Å². The second-order valence-corrected chi connectivity index (χ2v) is 6.93. The number of carbonyl (C=O) groups excluding carboxylic acids is 1. The second-order valence-electron chi connectivity index (χ2n) is 6.93. The van der Waals surface area contributed by atoms with Crippen LogP contribution in [0, 0.1) is 5.92 Å². The summed E-state index contributed by atoms with van der Waals surface area (Å²) in [6.45, 7) is 4.40. The van der Waals surface area contributed by atoms with E-state index in [0.717, 1.165) is 29.0 Å². The minimum Gasteiger partial charge on any atom is -0.497 e. The van der Waals surface area contributed by atoms with Gasteiger partial charge in [0, 0.05) is 5.56 Å². The molecule has 1 amide bonds. The van der Waals surface area contributed by atoms with Gasteiger partial charge in [-0.2, -0.15) is 10.2 Å². The summed E-state index contributed by atoms with van der Waals surface area (Å²) in [7, 11) is 1.61. The van der Waals surface area contributed by atoms with E-state index in [0.29, 0.717) is 11.6 Å². The number of nitrogens with zero attached hydrogens (tertiary/aromatic N) is 2. The highest BCUT2D eigenvalue weighted by molar-refractivity contribution is 5.94. The van der Waals surface area contributed by atoms with Crippen LogP contribution < -0.4 is 10.2 Å². The van der Waals surface area contributed by atoms with Crippen molar-refractivity contribution >= 4 is 12.1 Å². The number of hydrogen-bond donors (Lipinski definition) is 2. The van der Waals surface area contributed by atoms with E-state index >= 15 is 0 Å². The number of hydrazone groups is 1. The van der Waals surface area contributed by atoms with Crippen molar-refractivity contribution in [2.24, 2.45) is 11.0 Å². The topological polar surface area (TPSA) is 79.4 Å². The molecule has 2 aromatic carbocycles. The zero-order chi connectivity index (χ0) is 19.9. The van der Waals surface area contributed by atoms with Crippen LogP contribution in [-0.4, -0.2) is 29.4 Å². The molecular formula is C22H24N4O2. The second kappa shape index (κ2) is 8.99. The van der Waals surface area contributed by atoms with Crippen LogP contribution in [0.5, 0.6) is 5.75 Å². The maximum atomic E-state index is 12.2. The Kier molecular flexibility index (Phi) is 6.22. The predicted octanol–water partition coefficient (Wildman–Crippen LogP) is 4.05. The van der Waals surface area contributed by atoms with Gasteiger partial charge in [0.1, 0.15) is 11.4 Å². The van der Waals surface area contributed by atoms with Crippen molar-refractivity contribution in [1.29, 1.82) is 0 Å². The number of methoxy groups -OCH3 is 1. The van der Waals surface area contributed by atoms with Gasteiger partial charge in [-0.3, -0.25) is 9.89 Å². The zero-order valence-electron chi connectivity index (χ0n) is 16.3. The molecule has 6 heteroatoms. The minimum atomic E-state index is -0.347. The lowest BCUT2D eigenvalue weighted by molar-refractivity contribution is 0.0950. The van der Waals surface area contributed by atoms with Crippen molar-refractivity contribution < 1.29 is 9.53 Å². The highest BCUT2D eigenvalue weighted by atomic mass is 16.5. The molecule has 0 spiro atoms. The Bertz CT molecular complexity index is 941. The normalized spacial score (nSPS) is 11.1. The first-order valence-electron chi connectivity index (χ1n) is 9.17. The molecule has 0 fully saturated rings. The van der Waals surface area contributed by atoms with Crippen LogP contribution in [0.25, 0.3) is 11.3 Å². The molecule has 6 nitrogen and oxygen atoms in total. The average Bonchev–Trinajstić information content (AvgIpc) is 3.19. The molecule has 0 atom stereocenters. The van der Waals surface area contributed by atoms with E-state index in [1.807, 2.05) is 36.4 Å². The van der Waals surface area contributed by atoms with Crippen LogP contribution >= 0.6 is 0 Å². The Labute approximate surface area is 164 Å². The number of ether oxygens (including phenoxy) is 1. The Morgan fingerprint density at radius 1 is 1.18 bits per heavy atom. The monoisotopic (exact) mass is 376 g/mol. The first-order valence-corrected chi connectivity index (χ1v) is 9.17. The van der Waals surface area contributed by atoms with Crippen molar-refractivity contribution in [2.75, 3.05) is 7.11 Å². The van der Waals surface area contributed by atoms with Crippen molar-refractivity contribution in [3.63, 3.8) is 0 Å². The number of aromatic nitrogens is 2. The summed E-state index contributed by atoms with van der Waals surface area (Å²) in [5.41, 5.74) is 6.69. The molecule has 28 heavy (non-hydrogen) atoms. The lowest BCUT2D eigenvalue weighted by Crippen LogP contribution is -2.17. The molecule has 3 aromatic rings. The number of carbonyl (C=O) groups is 1. The molecule has 0 aliphatic heterocycles. The van der Waals surface area contributed by atoms with Crippen LogP contribution in [-0.2, 0) is 6.42 Å². The molecular weight excluding hydrogens is 352 g/mol. The molecule has 0 bridgehead atoms. The van der Waals surface area contributed by atoms with Crippen molar-refractivity contribution in [3.8, 4) is 17.0 Å². The maximum Gasteiger partial charge on any atom is 0.289 e. The fourth-order valence-corrected chi connectivity index (χ4v) is 2.78. The minimum absolute atomic E-state index is 0.347. The Balaban J connectivity index is 1.61. The first-order chi connectivity index (χ1) is 13.5. The third kappa shape index (κ3) is 5.07. The molecule has 0 saturated carbocycles. The molecule has 2 N–H and O–H groups in total. The number of aromatic amines is 1. The van der Waals surface area contributed by atoms with E-state index in [-0.39, 0.29) is 5.91 Å². The third-order valence-corrected chi connectivity index (χ3v) is 4.21. The number of hydrogen-bond acceptors (Lipinski definition) is 4. The van der Waals surface area contributed by atoms with E-state index in [4.69, 9.17) is 4.74 Å². The van der Waals surface area contributed by atoms with Gasteiger partial charge in [0.15, 0.2) is 0 Å². The summed E-state index contributed by atoms with van der Waals surface area (Å²) in [5, 5.41) is 11.0. The predicted molar refractivity (Wildman–Crippen MR) is 111 cm³/mol. The smallest absolute Gasteiger partial charge is 0.289 e. The summed E-state index contributed by atoms with van der Waals surface area (Å²) in [4.78, 5) is 12.2. The van der Waals surface area contributed by atoms with Gasteiger partial charge in [0.2, 0.25) is 0 Å². The van der Waals surface area contributed by atoms with E-state index < -0.39 is 0 Å². The van der Waals surface area contributed by atoms with Gasteiger partial charge in [-0.05, 0) is 53.8 Å². The number of nitrogens with one attached hydrogen (secondary N) is 2. The fourth-order valence-electron chi connectivity index (χ4n) is 2.78. The Morgan fingerprint density at radius 3 is 2.54 bits per heavy atom. The van der Waals surface area contributed by atoms with Gasteiger partial charge in [-0.1, -0.05) is 38.1 Å². The van der Waals surface area contributed by atoms with Gasteiger partial charge in [-0.15, -0.1) is 0 Å². The average molecular weight is 376 g/mol. The van der Waals surface area contributed by atoms with E-state index in [1.165, 1.54) is 5.56 Å². The largest absolute Gasteiger partial charge is 0.497 e. The quantitative estimate of drug-likeness (QED) is 0.482. The van der Waals surface area contributed by atoms with E-state index in [2.05, 4.69) is 46.7 Å². The number of rotatable bonds is 7. The maximum absolute atomic E-state index is 12.2. The Hall–Kier alpha value is -3.41. The Morgan fingerprint density at radius 2 is 1.89 bits per heavy atom. The van der Waals surface area contributed by atoms with Gasteiger partial charge < -0.3 is 4.74 Å². The SMILES string of the molecule is COc1ccc(/C=N\NC(=O)c2cc(-c3ccc(CC(C)C)cc3)n[nH]2)cc1. The zero-order valence-corrected chi connectivity index (χ0v) is 16.3. The van der Waals surface area contributed by atoms with Crippen LogP contribution in [0.1, 0.15) is 35.5 Å². The lowest BCUT2D eigenvalue weighted by Gasteiger charge is -2.05. The van der Waals surface area contributed by atoms with Gasteiger partial charge in [0.25, 0.3) is 5.91 Å². The molecule has 144 valence electrons. The molecule has 3 rings (SSSR count). The van der Waals surface area contributed by atoms with Gasteiger partial charge in [-0.25, -0.2) is 5.43 Å². The van der Waals surface area contributed by atoms with Gasteiger partial charge >= 0.3 is 0 Å². The first kappa shape index (κ1) is 19.4. The molecule has 0 saturated heterocycles. The molecule has 0 aliphatic rings. The molecule has 1 aromatic heterocycles. The van der Waals surface area contributed by atoms with Crippen molar-refractivity contribution in [3.05, 3.63) is 71.4 Å². The van der Waals surface area contributed by atoms with Crippen molar-refractivity contribution in [2.45, 2.75) is 20.3 Å².